The number of rotatable bonds is 5. The first kappa shape index (κ1) is 17.9. The Kier molecular flexibility index (Phi) is 5.73. The quantitative estimate of drug-likeness (QED) is 0.159. The van der Waals surface area contributed by atoms with Gasteiger partial charge < -0.3 is 5.21 Å². The number of nitrogens with zero attached hydrogens (tertiary/aromatic N) is 1. The van der Waals surface area contributed by atoms with Gasteiger partial charge in [0, 0.05) is 25.7 Å². The van der Waals surface area contributed by atoms with Crippen LogP contribution in [0.3, 0.4) is 0 Å². The molecule has 0 radical (unpaired) electrons. The second kappa shape index (κ2) is 6.73. The Hall–Kier alpha value is -1.17. The molecule has 2 N–H and O–H groups in total. The van der Waals surface area contributed by atoms with Crippen LogP contribution in [-0.2, 0) is 19.5 Å². The van der Waals surface area contributed by atoms with E-state index < -0.39 is 20.6 Å². The van der Waals surface area contributed by atoms with E-state index >= 15 is 0 Å². The summed E-state index contributed by atoms with van der Waals surface area (Å²) in [5.41, 5.74) is -0.741. The lowest BCUT2D eigenvalue weighted by Crippen LogP contribution is -2.29. The third-order valence-electron chi connectivity index (χ3n) is 2.34. The number of hydrogen-bond acceptors (Lipinski definition) is 7. The summed E-state index contributed by atoms with van der Waals surface area (Å²) in [4.78, 5) is -0.221. The molecule has 1 aromatic carbocycles. The Morgan fingerprint density at radius 2 is 2.00 bits per heavy atom. The molecule has 0 bridgehead atoms. The zero-order valence-electron chi connectivity index (χ0n) is 11.5. The van der Waals surface area contributed by atoms with Gasteiger partial charge in [0.05, 0.1) is 17.6 Å². The second-order valence-corrected chi connectivity index (χ2v) is 7.19. The Labute approximate surface area is 126 Å². The molecule has 0 atom stereocenters. The van der Waals surface area contributed by atoms with Crippen molar-refractivity contribution in [2.45, 2.75) is 36.1 Å². The summed E-state index contributed by atoms with van der Waals surface area (Å²) in [5.74, 6) is 0. The fraction of sp³-hybridized carbons (Fsp3) is 0.364. The van der Waals surface area contributed by atoms with Crippen LogP contribution in [0.2, 0.25) is 0 Å². The number of benzene rings is 1. The minimum Gasteiger partial charge on any atom is -0.623 e. The lowest BCUT2D eigenvalue weighted by molar-refractivity contribution is -0.530. The van der Waals surface area contributed by atoms with E-state index in [0.29, 0.717) is 16.8 Å². The summed E-state index contributed by atoms with van der Waals surface area (Å²) in [6.07, 6.45) is 1.07. The van der Waals surface area contributed by atoms with Crippen molar-refractivity contribution >= 4 is 28.4 Å². The summed E-state index contributed by atoms with van der Waals surface area (Å²) in [7, 11) is -4.54. The smallest absolute Gasteiger partial charge is 0.295 e. The van der Waals surface area contributed by atoms with Crippen LogP contribution >= 0.6 is 12.0 Å². The van der Waals surface area contributed by atoms with Crippen molar-refractivity contribution in [3.63, 3.8) is 0 Å². The van der Waals surface area contributed by atoms with E-state index in [4.69, 9.17) is 5.26 Å². The summed E-state index contributed by atoms with van der Waals surface area (Å²) >= 11 is 0.530. The monoisotopic (exact) mass is 337 g/mol. The fourth-order valence-corrected chi connectivity index (χ4v) is 2.44. The Morgan fingerprint density at radius 1 is 1.38 bits per heavy atom. The average molecular weight is 337 g/mol. The van der Waals surface area contributed by atoms with Gasteiger partial charge in [-0.1, -0.05) is 5.04 Å². The van der Waals surface area contributed by atoms with Gasteiger partial charge in [0.25, 0.3) is 10.1 Å². The number of hydroxylamine groups is 1. The summed E-state index contributed by atoms with van der Waals surface area (Å²) < 4.78 is 36.8. The minimum absolute atomic E-state index is 0.0247. The van der Waals surface area contributed by atoms with Crippen LogP contribution in [0.15, 0.2) is 28.0 Å². The van der Waals surface area contributed by atoms with Crippen LogP contribution in [0.1, 0.15) is 26.3 Å². The molecule has 21 heavy (non-hydrogen) atoms. The molecule has 0 spiro atoms. The summed E-state index contributed by atoms with van der Waals surface area (Å²) in [5, 5.41) is 23.3. The van der Waals surface area contributed by atoms with Crippen molar-refractivity contribution < 1.29 is 32.3 Å². The molecule has 0 saturated carbocycles. The van der Waals surface area contributed by atoms with Crippen LogP contribution in [0.25, 0.3) is 0 Å². The molecule has 8 nitrogen and oxygen atoms in total. The maximum absolute atomic E-state index is 11.9. The van der Waals surface area contributed by atoms with Gasteiger partial charge >= 0.3 is 0 Å². The van der Waals surface area contributed by atoms with E-state index in [2.05, 4.69) is 9.37 Å². The van der Waals surface area contributed by atoms with Crippen molar-refractivity contribution in [2.24, 2.45) is 0 Å². The molecule has 0 unspecified atom stereocenters. The average Bonchev–Trinajstić information content (AvgIpc) is 2.35. The molecule has 0 saturated heterocycles. The zero-order valence-corrected chi connectivity index (χ0v) is 13.1. The van der Waals surface area contributed by atoms with Crippen molar-refractivity contribution in [3.8, 4) is 0 Å². The van der Waals surface area contributed by atoms with E-state index in [9.17, 15) is 18.2 Å². The normalized spacial score (nSPS) is 13.5. The molecule has 0 fully saturated rings. The van der Waals surface area contributed by atoms with Gasteiger partial charge in [-0.05, 0) is 18.2 Å². The molecule has 0 aliphatic rings. The highest BCUT2D eigenvalue weighted by Crippen LogP contribution is 2.25. The fourth-order valence-electron chi connectivity index (χ4n) is 1.27. The Morgan fingerprint density at radius 3 is 2.48 bits per heavy atom. The van der Waals surface area contributed by atoms with Gasteiger partial charge in [-0.25, -0.2) is 10.00 Å². The molecule has 0 aliphatic carbocycles. The molecule has 0 heterocycles. The van der Waals surface area contributed by atoms with Crippen molar-refractivity contribution in [2.75, 3.05) is 0 Å². The Balaban J connectivity index is 3.33. The third kappa shape index (κ3) is 5.26. The maximum atomic E-state index is 11.9. The highest BCUT2D eigenvalue weighted by atomic mass is 32.2. The van der Waals surface area contributed by atoms with Crippen LogP contribution in [0.4, 0.5) is 0 Å². The molecule has 1 aromatic rings. The van der Waals surface area contributed by atoms with Gasteiger partial charge in [0.15, 0.2) is 11.8 Å². The van der Waals surface area contributed by atoms with Gasteiger partial charge in [-0.3, -0.25) is 4.55 Å². The second-order valence-electron chi connectivity index (χ2n) is 5.03. The molecule has 0 aromatic heterocycles. The molecule has 0 aliphatic heterocycles. The van der Waals surface area contributed by atoms with Crippen molar-refractivity contribution in [3.05, 3.63) is 29.0 Å². The lowest BCUT2D eigenvalue weighted by atomic mass is 10.1. The van der Waals surface area contributed by atoms with E-state index in [0.717, 1.165) is 12.3 Å². The van der Waals surface area contributed by atoms with Crippen LogP contribution in [-0.4, -0.2) is 34.7 Å². The summed E-state index contributed by atoms with van der Waals surface area (Å²) in [6, 6.07) is 3.84. The zero-order chi connectivity index (χ0) is 16.3. The van der Waals surface area contributed by atoms with E-state index in [-0.39, 0.29) is 10.5 Å². The topological polar surface area (TPSA) is 119 Å². The predicted molar refractivity (Wildman–Crippen MR) is 75.5 cm³/mol. The highest BCUT2D eigenvalue weighted by molar-refractivity contribution is 7.94. The summed E-state index contributed by atoms with van der Waals surface area (Å²) in [6.45, 7) is 4.96. The molecule has 10 heteroatoms. The molecular weight excluding hydrogens is 322 g/mol. The maximum Gasteiger partial charge on any atom is 0.295 e. The molecule has 118 valence electrons. The van der Waals surface area contributed by atoms with E-state index in [1.54, 1.807) is 20.8 Å². The number of hydrogen-bond donors (Lipinski definition) is 2. The molecule has 1 rings (SSSR count). The first-order chi connectivity index (χ1) is 9.55. The predicted octanol–water partition coefficient (Wildman–Crippen LogP) is 2.09. The van der Waals surface area contributed by atoms with Gasteiger partial charge in [-0.2, -0.15) is 8.42 Å². The van der Waals surface area contributed by atoms with Crippen LogP contribution < -0.4 is 0 Å². The van der Waals surface area contributed by atoms with Crippen molar-refractivity contribution in [1.82, 2.24) is 0 Å². The van der Waals surface area contributed by atoms with E-state index in [1.807, 2.05) is 0 Å². The largest absolute Gasteiger partial charge is 0.623 e. The lowest BCUT2D eigenvalue weighted by Gasteiger charge is -2.19. The van der Waals surface area contributed by atoms with E-state index in [1.165, 1.54) is 12.1 Å². The third-order valence-corrected chi connectivity index (χ3v) is 3.83. The SMILES string of the molecule is CC(C)(C)[N+]([O-])=Cc1ccc(SOOO)cc1S(=O)(=O)O. The first-order valence-corrected chi connectivity index (χ1v) is 7.81. The van der Waals surface area contributed by atoms with Gasteiger partial charge in [-0.15, -0.1) is 4.33 Å². The van der Waals surface area contributed by atoms with Gasteiger partial charge in [0.1, 0.15) is 4.90 Å². The molecular formula is C11H15NO7S2. The first-order valence-electron chi connectivity index (χ1n) is 5.63. The Bertz CT molecular complexity index is 634. The minimum atomic E-state index is -4.54. The van der Waals surface area contributed by atoms with Crippen LogP contribution in [0.5, 0.6) is 0 Å². The van der Waals surface area contributed by atoms with Crippen molar-refractivity contribution in [1.29, 1.82) is 0 Å². The standard InChI is InChI=1S/C11H15NO7S2/c1-11(2,3)12(13)7-8-4-5-9(20-19-18-14)6-10(8)21(15,16)17/h4-7,14H,1-3H3,(H,15,16,17). The van der Waals surface area contributed by atoms with Crippen LogP contribution in [0, 0.1) is 5.21 Å². The van der Waals surface area contributed by atoms with Gasteiger partial charge in [0.2, 0.25) is 0 Å². The highest BCUT2D eigenvalue weighted by Gasteiger charge is 2.22. The molecule has 0 amide bonds.